The van der Waals surface area contributed by atoms with Crippen LogP contribution in [0, 0.1) is 0 Å². The lowest BCUT2D eigenvalue weighted by atomic mass is 10.0. The first kappa shape index (κ1) is 16.8. The average molecular weight is 371 g/mol. The number of hydrogen-bond donors (Lipinski definition) is 1. The highest BCUT2D eigenvalue weighted by atomic mass is 15.2. The molecule has 0 saturated carbocycles. The molecule has 1 saturated heterocycles. The molecule has 7 nitrogen and oxygen atoms in total. The van der Waals surface area contributed by atoms with Crippen molar-refractivity contribution in [3.05, 3.63) is 55.1 Å². The molecule has 0 bridgehead atoms. The van der Waals surface area contributed by atoms with E-state index in [9.17, 15) is 0 Å². The number of benzene rings is 1. The van der Waals surface area contributed by atoms with Crippen molar-refractivity contribution in [2.75, 3.05) is 31.1 Å². The van der Waals surface area contributed by atoms with Gasteiger partial charge in [-0.2, -0.15) is 5.10 Å². The van der Waals surface area contributed by atoms with Crippen LogP contribution in [-0.2, 0) is 7.05 Å². The fourth-order valence-corrected chi connectivity index (χ4v) is 3.61. The summed E-state index contributed by atoms with van der Waals surface area (Å²) in [6, 6.07) is 10.4. The van der Waals surface area contributed by atoms with Crippen molar-refractivity contribution < 1.29 is 0 Å². The summed E-state index contributed by atoms with van der Waals surface area (Å²) in [4.78, 5) is 16.3. The molecule has 0 spiro atoms. The zero-order chi connectivity index (χ0) is 18.9. The van der Waals surface area contributed by atoms with E-state index >= 15 is 0 Å². The summed E-state index contributed by atoms with van der Waals surface area (Å²) < 4.78 is 1.75. The summed E-state index contributed by atoms with van der Waals surface area (Å²) in [6.45, 7) is 3.99. The van der Waals surface area contributed by atoms with Gasteiger partial charge in [0.25, 0.3) is 0 Å². The molecule has 7 heteroatoms. The Morgan fingerprint density at radius 2 is 1.82 bits per heavy atom. The lowest BCUT2D eigenvalue weighted by molar-refractivity contribution is 0.585. The second kappa shape index (κ2) is 7.01. The molecule has 1 aliphatic heterocycles. The minimum atomic E-state index is 0.685. The van der Waals surface area contributed by atoms with Crippen LogP contribution in [0.2, 0.25) is 0 Å². The fraction of sp³-hybridized carbons (Fsp3) is 0.238. The summed E-state index contributed by atoms with van der Waals surface area (Å²) in [5.74, 6) is 1.71. The summed E-state index contributed by atoms with van der Waals surface area (Å²) in [5.41, 5.74) is 3.99. The molecule has 3 aromatic heterocycles. The molecule has 0 amide bonds. The number of nitrogens with one attached hydrogen (secondary N) is 1. The Labute approximate surface area is 163 Å². The third-order valence-electron chi connectivity index (χ3n) is 5.09. The van der Waals surface area contributed by atoms with Crippen LogP contribution in [0.4, 0.5) is 5.82 Å². The molecule has 5 rings (SSSR count). The van der Waals surface area contributed by atoms with E-state index in [0.717, 1.165) is 59.6 Å². The molecule has 0 radical (unpaired) electrons. The van der Waals surface area contributed by atoms with E-state index in [1.165, 1.54) is 0 Å². The number of nitrogens with zero attached hydrogens (tertiary/aromatic N) is 6. The van der Waals surface area contributed by atoms with Gasteiger partial charge in [-0.05, 0) is 23.8 Å². The predicted molar refractivity (Wildman–Crippen MR) is 110 cm³/mol. The molecule has 1 aromatic carbocycles. The Bertz CT molecular complexity index is 1110. The second-order valence-corrected chi connectivity index (χ2v) is 6.98. The molecule has 28 heavy (non-hydrogen) atoms. The minimum absolute atomic E-state index is 0.685. The molecule has 0 unspecified atom stereocenters. The van der Waals surface area contributed by atoms with Crippen molar-refractivity contribution in [2.45, 2.75) is 0 Å². The van der Waals surface area contributed by atoms with Crippen molar-refractivity contribution >= 4 is 16.7 Å². The normalized spacial score (nSPS) is 14.5. The van der Waals surface area contributed by atoms with Crippen molar-refractivity contribution in [3.63, 3.8) is 0 Å². The number of anilines is 1. The quantitative estimate of drug-likeness (QED) is 0.597. The van der Waals surface area contributed by atoms with Crippen LogP contribution in [0.25, 0.3) is 33.4 Å². The van der Waals surface area contributed by atoms with Crippen molar-refractivity contribution in [3.8, 4) is 22.5 Å². The summed E-state index contributed by atoms with van der Waals surface area (Å²) in [5, 5.41) is 8.60. The number of hydrogen-bond acceptors (Lipinski definition) is 6. The number of aryl methyl sites for hydroxylation is 1. The van der Waals surface area contributed by atoms with E-state index in [1.807, 2.05) is 37.8 Å². The summed E-state index contributed by atoms with van der Waals surface area (Å²) >= 11 is 0. The van der Waals surface area contributed by atoms with Gasteiger partial charge in [0.05, 0.1) is 17.3 Å². The van der Waals surface area contributed by atoms with Crippen LogP contribution in [0.1, 0.15) is 0 Å². The maximum absolute atomic E-state index is 4.74. The number of pyridine rings is 1. The first-order valence-electron chi connectivity index (χ1n) is 9.45. The lowest BCUT2D eigenvalue weighted by Crippen LogP contribution is -2.43. The van der Waals surface area contributed by atoms with Crippen molar-refractivity contribution in [1.29, 1.82) is 0 Å². The number of rotatable bonds is 3. The van der Waals surface area contributed by atoms with Gasteiger partial charge in [-0.3, -0.25) is 4.68 Å². The van der Waals surface area contributed by atoms with Gasteiger partial charge in [0, 0.05) is 62.8 Å². The molecule has 4 aromatic rings. The Kier molecular flexibility index (Phi) is 4.21. The van der Waals surface area contributed by atoms with Crippen LogP contribution < -0.4 is 10.2 Å². The van der Waals surface area contributed by atoms with E-state index < -0.39 is 0 Å². The Morgan fingerprint density at radius 1 is 0.929 bits per heavy atom. The van der Waals surface area contributed by atoms with E-state index in [-0.39, 0.29) is 0 Å². The average Bonchev–Trinajstić information content (AvgIpc) is 3.20. The Hall–Kier alpha value is -3.32. The zero-order valence-electron chi connectivity index (χ0n) is 15.7. The maximum Gasteiger partial charge on any atom is 0.162 e. The molecular formula is C21H21N7. The highest BCUT2D eigenvalue weighted by molar-refractivity contribution is 5.94. The van der Waals surface area contributed by atoms with E-state index in [0.29, 0.717) is 5.82 Å². The van der Waals surface area contributed by atoms with Gasteiger partial charge in [-0.1, -0.05) is 12.1 Å². The molecule has 0 atom stereocenters. The van der Waals surface area contributed by atoms with Crippen LogP contribution in [0.3, 0.4) is 0 Å². The molecule has 0 aliphatic carbocycles. The Balaban J connectivity index is 1.50. The highest BCUT2D eigenvalue weighted by Crippen LogP contribution is 2.29. The second-order valence-electron chi connectivity index (χ2n) is 6.98. The monoisotopic (exact) mass is 371 g/mol. The fourth-order valence-electron chi connectivity index (χ4n) is 3.61. The first-order chi connectivity index (χ1) is 13.8. The molecule has 1 N–H and O–H groups in total. The van der Waals surface area contributed by atoms with Gasteiger partial charge in [0.15, 0.2) is 5.82 Å². The third-order valence-corrected chi connectivity index (χ3v) is 5.09. The van der Waals surface area contributed by atoms with Gasteiger partial charge in [0.2, 0.25) is 0 Å². The summed E-state index contributed by atoms with van der Waals surface area (Å²) in [6.07, 6.45) is 7.54. The van der Waals surface area contributed by atoms with Crippen LogP contribution in [0.5, 0.6) is 0 Å². The highest BCUT2D eigenvalue weighted by Gasteiger charge is 2.13. The Morgan fingerprint density at radius 3 is 2.57 bits per heavy atom. The molecule has 140 valence electrons. The van der Waals surface area contributed by atoms with E-state index in [1.54, 1.807) is 10.9 Å². The molecule has 4 heterocycles. The number of piperazine rings is 1. The molecule has 1 aliphatic rings. The molecule has 1 fully saturated rings. The van der Waals surface area contributed by atoms with Gasteiger partial charge < -0.3 is 10.2 Å². The number of fused-ring (bicyclic) bond motifs is 1. The first-order valence-corrected chi connectivity index (χ1v) is 9.45. The smallest absolute Gasteiger partial charge is 0.162 e. The van der Waals surface area contributed by atoms with Crippen LogP contribution in [0.15, 0.2) is 55.1 Å². The summed E-state index contributed by atoms with van der Waals surface area (Å²) in [7, 11) is 1.89. The minimum Gasteiger partial charge on any atom is -0.354 e. The zero-order valence-corrected chi connectivity index (χ0v) is 15.7. The van der Waals surface area contributed by atoms with Crippen molar-refractivity contribution in [1.82, 2.24) is 30.0 Å². The predicted octanol–water partition coefficient (Wildman–Crippen LogP) is 2.50. The SMILES string of the molecule is Cn1cc(-c2ncc3c(-c4ccc(N5CCNCC5)nc4)cccc3n2)cn1. The van der Waals surface area contributed by atoms with E-state index in [2.05, 4.69) is 38.5 Å². The molecular weight excluding hydrogens is 350 g/mol. The lowest BCUT2D eigenvalue weighted by Gasteiger charge is -2.28. The number of aromatic nitrogens is 5. The maximum atomic E-state index is 4.74. The van der Waals surface area contributed by atoms with Crippen LogP contribution >= 0.6 is 0 Å². The van der Waals surface area contributed by atoms with Gasteiger partial charge in [-0.25, -0.2) is 15.0 Å². The van der Waals surface area contributed by atoms with E-state index in [4.69, 9.17) is 9.97 Å². The van der Waals surface area contributed by atoms with Gasteiger partial charge >= 0.3 is 0 Å². The topological polar surface area (TPSA) is 71.8 Å². The standard InChI is InChI=1S/C21H21N7/c1-27-14-16(12-25-27)21-24-13-18-17(3-2-4-19(18)26-21)15-5-6-20(23-11-15)28-9-7-22-8-10-28/h2-6,11-14,22H,7-10H2,1H3. The van der Waals surface area contributed by atoms with Crippen LogP contribution in [-0.4, -0.2) is 50.9 Å². The van der Waals surface area contributed by atoms with Crippen molar-refractivity contribution in [2.24, 2.45) is 7.05 Å². The third kappa shape index (κ3) is 3.10. The van der Waals surface area contributed by atoms with Gasteiger partial charge in [0.1, 0.15) is 5.82 Å². The van der Waals surface area contributed by atoms with Gasteiger partial charge in [-0.15, -0.1) is 0 Å². The largest absolute Gasteiger partial charge is 0.354 e.